The van der Waals surface area contributed by atoms with Crippen LogP contribution in [-0.4, -0.2) is 53.8 Å². The van der Waals surface area contributed by atoms with Crippen molar-refractivity contribution in [1.82, 2.24) is 14.5 Å². The van der Waals surface area contributed by atoms with Crippen LogP contribution in [0, 0.1) is 6.92 Å². The van der Waals surface area contributed by atoms with Gasteiger partial charge in [0.2, 0.25) is 5.95 Å². The highest BCUT2D eigenvalue weighted by Gasteiger charge is 2.16. The topological polar surface area (TPSA) is 42.3 Å². The lowest BCUT2D eigenvalue weighted by Gasteiger charge is -2.22. The van der Waals surface area contributed by atoms with Crippen molar-refractivity contribution in [3.63, 3.8) is 0 Å². The first-order valence-corrected chi connectivity index (χ1v) is 7.20. The molecule has 1 aromatic heterocycles. The molecule has 0 saturated carbocycles. The van der Waals surface area contributed by atoms with Crippen LogP contribution in [0.15, 0.2) is 6.20 Å². The zero-order valence-corrected chi connectivity index (χ0v) is 12.4. The number of imidazole rings is 1. The van der Waals surface area contributed by atoms with E-state index in [9.17, 15) is 0 Å². The van der Waals surface area contributed by atoms with Crippen LogP contribution in [0.2, 0.25) is 0 Å². The van der Waals surface area contributed by atoms with E-state index in [0.717, 1.165) is 24.7 Å². The van der Waals surface area contributed by atoms with Crippen molar-refractivity contribution < 1.29 is 4.74 Å². The molecule has 5 nitrogen and oxygen atoms in total. The molecule has 19 heavy (non-hydrogen) atoms. The number of anilines is 1. The van der Waals surface area contributed by atoms with Crippen LogP contribution >= 0.6 is 0 Å². The van der Waals surface area contributed by atoms with Crippen molar-refractivity contribution in [3.05, 3.63) is 11.9 Å². The monoisotopic (exact) mass is 266 g/mol. The van der Waals surface area contributed by atoms with Gasteiger partial charge in [-0.1, -0.05) is 0 Å². The molecule has 108 valence electrons. The third kappa shape index (κ3) is 4.21. The SMILES string of the molecule is COCCn1cc(C)nc1NC(C)CN1CCCC1. The van der Waals surface area contributed by atoms with Crippen LogP contribution in [0.5, 0.6) is 0 Å². The molecule has 2 rings (SSSR count). The van der Waals surface area contributed by atoms with Crippen molar-refractivity contribution in [2.45, 2.75) is 39.3 Å². The summed E-state index contributed by atoms with van der Waals surface area (Å²) in [6.45, 7) is 9.38. The van der Waals surface area contributed by atoms with Gasteiger partial charge in [-0.05, 0) is 39.8 Å². The van der Waals surface area contributed by atoms with Gasteiger partial charge in [0, 0.05) is 32.4 Å². The summed E-state index contributed by atoms with van der Waals surface area (Å²) in [5.41, 5.74) is 1.05. The summed E-state index contributed by atoms with van der Waals surface area (Å²) in [4.78, 5) is 7.08. The van der Waals surface area contributed by atoms with Crippen LogP contribution in [0.25, 0.3) is 0 Å². The quantitative estimate of drug-likeness (QED) is 0.816. The summed E-state index contributed by atoms with van der Waals surface area (Å²) < 4.78 is 7.28. The summed E-state index contributed by atoms with van der Waals surface area (Å²) in [6.07, 6.45) is 4.76. The van der Waals surface area contributed by atoms with E-state index in [0.29, 0.717) is 12.6 Å². The molecule has 5 heteroatoms. The second-order valence-corrected chi connectivity index (χ2v) is 5.45. The van der Waals surface area contributed by atoms with Gasteiger partial charge in [0.05, 0.1) is 12.3 Å². The molecule has 1 N–H and O–H groups in total. The van der Waals surface area contributed by atoms with Crippen molar-refractivity contribution in [1.29, 1.82) is 0 Å². The standard InChI is InChI=1S/C14H26N4O/c1-12(10-17-6-4-5-7-17)15-14-16-13(2)11-18(14)8-9-19-3/h11-12H,4-10H2,1-3H3,(H,15,16). The first-order valence-electron chi connectivity index (χ1n) is 7.20. The second-order valence-electron chi connectivity index (χ2n) is 5.45. The summed E-state index contributed by atoms with van der Waals surface area (Å²) in [6, 6.07) is 0.418. The highest BCUT2D eigenvalue weighted by molar-refractivity contribution is 5.30. The summed E-state index contributed by atoms with van der Waals surface area (Å²) >= 11 is 0. The van der Waals surface area contributed by atoms with Crippen LogP contribution in [0.4, 0.5) is 5.95 Å². The van der Waals surface area contributed by atoms with Crippen LogP contribution < -0.4 is 5.32 Å². The lowest BCUT2D eigenvalue weighted by Crippen LogP contribution is -2.33. The zero-order chi connectivity index (χ0) is 13.7. The minimum atomic E-state index is 0.418. The zero-order valence-electron chi connectivity index (χ0n) is 12.4. The third-order valence-corrected chi connectivity index (χ3v) is 3.54. The number of methoxy groups -OCH3 is 1. The molecule has 1 unspecified atom stereocenters. The van der Waals surface area contributed by atoms with E-state index >= 15 is 0 Å². The third-order valence-electron chi connectivity index (χ3n) is 3.54. The van der Waals surface area contributed by atoms with Crippen molar-refractivity contribution >= 4 is 5.95 Å². The van der Waals surface area contributed by atoms with Crippen LogP contribution in [-0.2, 0) is 11.3 Å². The maximum absolute atomic E-state index is 5.14. The summed E-state index contributed by atoms with van der Waals surface area (Å²) in [7, 11) is 1.73. The normalized spacial score (nSPS) is 17.8. The Hall–Kier alpha value is -1.07. The average Bonchev–Trinajstić information content (AvgIpc) is 2.97. The molecule has 0 radical (unpaired) electrons. The number of aromatic nitrogens is 2. The van der Waals surface area contributed by atoms with E-state index in [4.69, 9.17) is 4.74 Å². The Kier molecular flexibility index (Phi) is 5.22. The van der Waals surface area contributed by atoms with Crippen molar-refractivity contribution in [3.8, 4) is 0 Å². The summed E-state index contributed by atoms with van der Waals surface area (Å²) in [5, 5.41) is 3.52. The Balaban J connectivity index is 1.89. The number of hydrogen-bond acceptors (Lipinski definition) is 4. The van der Waals surface area contributed by atoms with Gasteiger partial charge >= 0.3 is 0 Å². The van der Waals surface area contributed by atoms with Gasteiger partial charge in [-0.2, -0.15) is 0 Å². The lowest BCUT2D eigenvalue weighted by molar-refractivity contribution is 0.187. The van der Waals surface area contributed by atoms with Gasteiger partial charge in [-0.3, -0.25) is 0 Å². The van der Waals surface area contributed by atoms with Gasteiger partial charge in [0.15, 0.2) is 0 Å². The van der Waals surface area contributed by atoms with E-state index in [2.05, 4.69) is 32.9 Å². The predicted octanol–water partition coefficient (Wildman–Crippen LogP) is 1.73. The Morgan fingerprint density at radius 3 is 2.84 bits per heavy atom. The fourth-order valence-electron chi connectivity index (χ4n) is 2.64. The van der Waals surface area contributed by atoms with E-state index in [-0.39, 0.29) is 0 Å². The molecule has 0 bridgehead atoms. The minimum absolute atomic E-state index is 0.418. The molecule has 1 saturated heterocycles. The van der Waals surface area contributed by atoms with Gasteiger partial charge in [0.25, 0.3) is 0 Å². The molecule has 1 fully saturated rings. The molecule has 1 atom stereocenters. The number of aryl methyl sites for hydroxylation is 1. The molecule has 0 spiro atoms. The number of hydrogen-bond donors (Lipinski definition) is 1. The van der Waals surface area contributed by atoms with E-state index < -0.39 is 0 Å². The number of likely N-dealkylation sites (tertiary alicyclic amines) is 1. The molecule has 2 heterocycles. The number of rotatable bonds is 7. The van der Waals surface area contributed by atoms with Crippen molar-refractivity contribution in [2.75, 3.05) is 38.7 Å². The molecule has 1 aliphatic rings. The molecule has 1 aliphatic heterocycles. The van der Waals surface area contributed by atoms with Gasteiger partial charge in [0.1, 0.15) is 0 Å². The van der Waals surface area contributed by atoms with Crippen LogP contribution in [0.3, 0.4) is 0 Å². The Labute approximate surface area is 116 Å². The highest BCUT2D eigenvalue weighted by Crippen LogP contribution is 2.12. The van der Waals surface area contributed by atoms with E-state index in [1.807, 2.05) is 6.92 Å². The Bertz CT molecular complexity index is 385. The molecule has 0 aromatic carbocycles. The first-order chi connectivity index (χ1) is 9.19. The number of ether oxygens (including phenoxy) is 1. The minimum Gasteiger partial charge on any atom is -0.383 e. The van der Waals surface area contributed by atoms with E-state index in [1.54, 1.807) is 7.11 Å². The molecular weight excluding hydrogens is 240 g/mol. The molecule has 0 amide bonds. The molecule has 0 aliphatic carbocycles. The number of nitrogens with one attached hydrogen (secondary N) is 1. The van der Waals surface area contributed by atoms with Crippen LogP contribution in [0.1, 0.15) is 25.5 Å². The van der Waals surface area contributed by atoms with Crippen molar-refractivity contribution in [2.24, 2.45) is 0 Å². The van der Waals surface area contributed by atoms with E-state index in [1.165, 1.54) is 25.9 Å². The summed E-state index contributed by atoms with van der Waals surface area (Å²) in [5.74, 6) is 0.959. The Morgan fingerprint density at radius 1 is 1.42 bits per heavy atom. The molecular formula is C14H26N4O. The smallest absolute Gasteiger partial charge is 0.203 e. The fraction of sp³-hybridized carbons (Fsp3) is 0.786. The Morgan fingerprint density at radius 2 is 2.16 bits per heavy atom. The maximum atomic E-state index is 5.14. The van der Waals surface area contributed by atoms with Gasteiger partial charge in [-0.15, -0.1) is 0 Å². The predicted molar refractivity (Wildman–Crippen MR) is 77.6 cm³/mol. The largest absolute Gasteiger partial charge is 0.383 e. The second kappa shape index (κ2) is 6.91. The fourth-order valence-corrected chi connectivity index (χ4v) is 2.64. The average molecular weight is 266 g/mol. The van der Waals surface area contributed by atoms with Gasteiger partial charge in [-0.25, -0.2) is 4.98 Å². The first kappa shape index (κ1) is 14.3. The van der Waals surface area contributed by atoms with Gasteiger partial charge < -0.3 is 19.5 Å². The highest BCUT2D eigenvalue weighted by atomic mass is 16.5. The maximum Gasteiger partial charge on any atom is 0.203 e. The number of nitrogens with zero attached hydrogens (tertiary/aromatic N) is 3. The molecule has 1 aromatic rings. The lowest BCUT2D eigenvalue weighted by atomic mass is 10.3.